The average molecular weight is 230 g/mol. The molecular formula is C8H14N4O2S. The summed E-state index contributed by atoms with van der Waals surface area (Å²) >= 11 is 1.30. The number of hydrogen-bond donors (Lipinski definition) is 1. The molecule has 0 aliphatic carbocycles. The molecule has 7 heteroatoms. The molecule has 84 valence electrons. The monoisotopic (exact) mass is 230 g/mol. The zero-order valence-electron chi connectivity index (χ0n) is 8.71. The van der Waals surface area contributed by atoms with E-state index in [-0.39, 0.29) is 12.2 Å². The number of ether oxygens (including phenoxy) is 2. The summed E-state index contributed by atoms with van der Waals surface area (Å²) in [5, 5.41) is 0.828. The van der Waals surface area contributed by atoms with Gasteiger partial charge in [0, 0.05) is 38.8 Å². The highest BCUT2D eigenvalue weighted by molar-refractivity contribution is 7.09. The third-order valence-electron chi connectivity index (χ3n) is 2.52. The fourth-order valence-electron chi connectivity index (χ4n) is 1.71. The zero-order valence-corrected chi connectivity index (χ0v) is 9.53. The predicted octanol–water partition coefficient (Wildman–Crippen LogP) is -0.0297. The topological polar surface area (TPSA) is 73.5 Å². The molecule has 2 rings (SSSR count). The van der Waals surface area contributed by atoms with Crippen molar-refractivity contribution in [1.82, 2.24) is 9.36 Å². The van der Waals surface area contributed by atoms with Crippen LogP contribution in [0.2, 0.25) is 0 Å². The minimum Gasteiger partial charge on any atom is -0.377 e. The summed E-state index contributed by atoms with van der Waals surface area (Å²) in [6, 6.07) is 0. The molecule has 2 atom stereocenters. The van der Waals surface area contributed by atoms with E-state index in [0.29, 0.717) is 5.95 Å². The summed E-state index contributed by atoms with van der Waals surface area (Å²) in [6.45, 7) is 1.54. The van der Waals surface area contributed by atoms with Gasteiger partial charge >= 0.3 is 0 Å². The Kier molecular flexibility index (Phi) is 3.03. The molecule has 1 saturated heterocycles. The molecule has 0 amide bonds. The number of methoxy groups -OCH3 is 2. The first-order valence-corrected chi connectivity index (χ1v) is 5.41. The maximum absolute atomic E-state index is 5.48. The highest BCUT2D eigenvalue weighted by atomic mass is 32.1. The van der Waals surface area contributed by atoms with Gasteiger partial charge in [0.15, 0.2) is 0 Å². The molecule has 2 N–H and O–H groups in total. The van der Waals surface area contributed by atoms with Crippen LogP contribution in [0.3, 0.4) is 0 Å². The van der Waals surface area contributed by atoms with Crippen LogP contribution >= 0.6 is 11.5 Å². The predicted molar refractivity (Wildman–Crippen MR) is 58.1 cm³/mol. The minimum absolute atomic E-state index is 0.0834. The Morgan fingerprint density at radius 1 is 1.33 bits per heavy atom. The molecule has 1 aromatic rings. The third kappa shape index (κ3) is 2.04. The number of aromatic nitrogens is 2. The number of nitrogens with two attached hydrogens (primary N) is 1. The second kappa shape index (κ2) is 4.30. The molecule has 1 aliphatic rings. The summed E-state index contributed by atoms with van der Waals surface area (Å²) in [4.78, 5) is 6.21. The Hall–Kier alpha value is -0.920. The number of hydrogen-bond acceptors (Lipinski definition) is 7. The van der Waals surface area contributed by atoms with Gasteiger partial charge in [-0.15, -0.1) is 0 Å². The van der Waals surface area contributed by atoms with Crippen molar-refractivity contribution in [2.24, 2.45) is 0 Å². The summed E-state index contributed by atoms with van der Waals surface area (Å²) < 4.78 is 14.6. The van der Waals surface area contributed by atoms with Crippen LogP contribution in [0.1, 0.15) is 0 Å². The summed E-state index contributed by atoms with van der Waals surface area (Å²) in [6.07, 6.45) is 0.167. The molecule has 0 radical (unpaired) electrons. The SMILES string of the molecule is COC1CN(c2nc(N)ns2)CC1OC. The Morgan fingerprint density at radius 2 is 1.93 bits per heavy atom. The van der Waals surface area contributed by atoms with E-state index in [1.807, 2.05) is 0 Å². The van der Waals surface area contributed by atoms with Crippen molar-refractivity contribution in [2.75, 3.05) is 37.9 Å². The van der Waals surface area contributed by atoms with Crippen molar-refractivity contribution in [1.29, 1.82) is 0 Å². The standard InChI is InChI=1S/C8H14N4O2S/c1-13-5-3-12(4-6(5)14-2)8-10-7(9)11-15-8/h5-6H,3-4H2,1-2H3,(H2,9,11). The fourth-order valence-corrected chi connectivity index (χ4v) is 2.32. The number of nitrogen functional groups attached to an aromatic ring is 1. The maximum atomic E-state index is 5.48. The highest BCUT2D eigenvalue weighted by Gasteiger charge is 2.34. The van der Waals surface area contributed by atoms with Crippen molar-refractivity contribution in [3.63, 3.8) is 0 Å². The Labute approximate surface area is 92.2 Å². The molecule has 0 saturated carbocycles. The molecular weight excluding hydrogens is 216 g/mol. The lowest BCUT2D eigenvalue weighted by Gasteiger charge is -2.13. The van der Waals surface area contributed by atoms with Gasteiger partial charge in [-0.3, -0.25) is 0 Å². The van der Waals surface area contributed by atoms with Crippen molar-refractivity contribution in [3.05, 3.63) is 0 Å². The van der Waals surface area contributed by atoms with Gasteiger partial charge in [-0.05, 0) is 0 Å². The van der Waals surface area contributed by atoms with Crippen LogP contribution in [0.4, 0.5) is 11.1 Å². The first-order chi connectivity index (χ1) is 7.24. The second-order valence-corrected chi connectivity index (χ2v) is 4.12. The van der Waals surface area contributed by atoms with Crippen LogP contribution in [-0.2, 0) is 9.47 Å². The van der Waals surface area contributed by atoms with Crippen LogP contribution in [0.25, 0.3) is 0 Å². The number of rotatable bonds is 3. The Bertz CT molecular complexity index is 320. The summed E-state index contributed by atoms with van der Waals surface area (Å²) in [7, 11) is 3.38. The van der Waals surface area contributed by atoms with Crippen LogP contribution in [0.5, 0.6) is 0 Å². The third-order valence-corrected chi connectivity index (χ3v) is 3.31. The van der Waals surface area contributed by atoms with E-state index in [9.17, 15) is 0 Å². The van der Waals surface area contributed by atoms with Gasteiger partial charge in [-0.25, -0.2) is 0 Å². The molecule has 0 spiro atoms. The second-order valence-electron chi connectivity index (χ2n) is 3.39. The smallest absolute Gasteiger partial charge is 0.233 e. The lowest BCUT2D eigenvalue weighted by Crippen LogP contribution is -2.27. The van der Waals surface area contributed by atoms with E-state index in [4.69, 9.17) is 15.2 Å². The fraction of sp³-hybridized carbons (Fsp3) is 0.750. The van der Waals surface area contributed by atoms with Crippen molar-refractivity contribution < 1.29 is 9.47 Å². The average Bonchev–Trinajstić information content (AvgIpc) is 2.82. The quantitative estimate of drug-likeness (QED) is 0.786. The van der Waals surface area contributed by atoms with E-state index in [1.165, 1.54) is 11.5 Å². The van der Waals surface area contributed by atoms with Gasteiger partial charge in [-0.2, -0.15) is 9.36 Å². The van der Waals surface area contributed by atoms with Crippen molar-refractivity contribution in [2.45, 2.75) is 12.2 Å². The summed E-state index contributed by atoms with van der Waals surface area (Å²) in [5.41, 5.74) is 5.48. The lowest BCUT2D eigenvalue weighted by atomic mass is 10.3. The first kappa shape index (κ1) is 10.6. The van der Waals surface area contributed by atoms with Gasteiger partial charge in [0.25, 0.3) is 0 Å². The van der Waals surface area contributed by atoms with Crippen molar-refractivity contribution in [3.8, 4) is 0 Å². The number of anilines is 2. The van der Waals surface area contributed by atoms with E-state index >= 15 is 0 Å². The molecule has 1 aliphatic heterocycles. The van der Waals surface area contributed by atoms with E-state index in [1.54, 1.807) is 14.2 Å². The molecule has 2 heterocycles. The van der Waals surface area contributed by atoms with E-state index in [2.05, 4.69) is 14.3 Å². The lowest BCUT2D eigenvalue weighted by molar-refractivity contribution is -0.00461. The van der Waals surface area contributed by atoms with Gasteiger partial charge in [-0.1, -0.05) is 0 Å². The van der Waals surface area contributed by atoms with Gasteiger partial charge in [0.1, 0.15) is 12.2 Å². The van der Waals surface area contributed by atoms with Crippen LogP contribution in [-0.4, -0.2) is 48.9 Å². The molecule has 6 nitrogen and oxygen atoms in total. The van der Waals surface area contributed by atoms with Gasteiger partial charge in [0.2, 0.25) is 11.1 Å². The normalized spacial score (nSPS) is 26.1. The molecule has 2 unspecified atom stereocenters. The highest BCUT2D eigenvalue weighted by Crippen LogP contribution is 2.25. The molecule has 0 aromatic carbocycles. The number of nitrogens with zero attached hydrogens (tertiary/aromatic N) is 3. The largest absolute Gasteiger partial charge is 0.377 e. The summed E-state index contributed by atoms with van der Waals surface area (Å²) in [5.74, 6) is 0.324. The van der Waals surface area contributed by atoms with Gasteiger partial charge in [0.05, 0.1) is 0 Å². The van der Waals surface area contributed by atoms with Gasteiger partial charge < -0.3 is 20.1 Å². The van der Waals surface area contributed by atoms with Crippen LogP contribution in [0.15, 0.2) is 0 Å². The molecule has 0 bridgehead atoms. The Balaban J connectivity index is 2.07. The Morgan fingerprint density at radius 3 is 2.33 bits per heavy atom. The van der Waals surface area contributed by atoms with Crippen LogP contribution in [0, 0.1) is 0 Å². The molecule has 15 heavy (non-hydrogen) atoms. The van der Waals surface area contributed by atoms with E-state index < -0.39 is 0 Å². The first-order valence-electron chi connectivity index (χ1n) is 4.64. The minimum atomic E-state index is 0.0834. The van der Waals surface area contributed by atoms with E-state index in [0.717, 1.165) is 18.2 Å². The molecule has 1 aromatic heterocycles. The molecule has 1 fully saturated rings. The van der Waals surface area contributed by atoms with Crippen LogP contribution < -0.4 is 10.6 Å². The maximum Gasteiger partial charge on any atom is 0.233 e. The zero-order chi connectivity index (χ0) is 10.8. The van der Waals surface area contributed by atoms with Crippen molar-refractivity contribution >= 4 is 22.6 Å².